The largest absolute Gasteiger partial charge is 0.380 e. The van der Waals surface area contributed by atoms with Gasteiger partial charge in [-0.15, -0.1) is 0 Å². The van der Waals surface area contributed by atoms with Gasteiger partial charge >= 0.3 is 0 Å². The van der Waals surface area contributed by atoms with Gasteiger partial charge in [-0.2, -0.15) is 0 Å². The summed E-state index contributed by atoms with van der Waals surface area (Å²) in [4.78, 5) is 7.80. The van der Waals surface area contributed by atoms with Crippen LogP contribution in [-0.2, 0) is 5.60 Å². The smallest absolute Gasteiger partial charge is 0.117 e. The molecule has 0 aliphatic carbocycles. The molecule has 1 fully saturated rings. The van der Waals surface area contributed by atoms with Gasteiger partial charge in [-0.1, -0.05) is 96.7 Å². The molecule has 2 aliphatic heterocycles. The van der Waals surface area contributed by atoms with Crippen LogP contribution in [0.15, 0.2) is 119 Å². The Bertz CT molecular complexity index is 1250. The Morgan fingerprint density at radius 2 is 1.11 bits per heavy atom. The highest BCUT2D eigenvalue weighted by Crippen LogP contribution is 2.48. The third-order valence-corrected chi connectivity index (χ3v) is 9.37. The van der Waals surface area contributed by atoms with E-state index in [2.05, 4.69) is 82.6 Å². The maximum absolute atomic E-state index is 12.2. The van der Waals surface area contributed by atoms with Crippen LogP contribution in [0.1, 0.15) is 36.8 Å². The summed E-state index contributed by atoms with van der Waals surface area (Å²) in [6.45, 7) is 4.23. The number of para-hydroxylation sites is 2. The van der Waals surface area contributed by atoms with Crippen LogP contribution in [0, 0.1) is 5.92 Å². The van der Waals surface area contributed by atoms with E-state index in [-0.39, 0.29) is 5.92 Å². The van der Waals surface area contributed by atoms with Gasteiger partial charge in [-0.25, -0.2) is 0 Å². The molecule has 1 N–H and O–H groups in total. The molecule has 0 amide bonds. The lowest BCUT2D eigenvalue weighted by Gasteiger charge is -2.42. The predicted molar refractivity (Wildman–Crippen MR) is 158 cm³/mol. The summed E-state index contributed by atoms with van der Waals surface area (Å²) in [6, 6.07) is 38.1. The lowest BCUT2D eigenvalue weighted by atomic mass is 9.72. The number of piperidine rings is 1. The number of hydrogen-bond donors (Lipinski definition) is 1. The maximum atomic E-state index is 12.2. The molecule has 1 saturated heterocycles. The van der Waals surface area contributed by atoms with Crippen molar-refractivity contribution in [2.75, 3.05) is 31.1 Å². The second-order valence-electron chi connectivity index (χ2n) is 10.5. The average molecular weight is 521 g/mol. The number of likely N-dealkylation sites (tertiary alicyclic amines) is 1. The fourth-order valence-corrected chi connectivity index (χ4v) is 7.32. The quantitative estimate of drug-likeness (QED) is 0.241. The molecular formula is C34H36N2OS. The minimum absolute atomic E-state index is 0.211. The zero-order chi connectivity index (χ0) is 25.8. The van der Waals surface area contributed by atoms with Crippen molar-refractivity contribution in [2.24, 2.45) is 5.92 Å². The number of unbranched alkanes of at least 4 members (excludes halogenated alkanes) is 1. The lowest BCUT2D eigenvalue weighted by Crippen LogP contribution is -2.44. The molecule has 4 aromatic rings. The Kier molecular flexibility index (Phi) is 7.55. The van der Waals surface area contributed by atoms with Crippen LogP contribution in [0.25, 0.3) is 0 Å². The standard InChI is InChI=1S/C34H36N2OS/c37-34(27-13-3-1-4-14-27,28-15-5-2-6-16-28)29-21-25-35(26-22-29)23-11-12-24-36-30-17-7-9-19-32(30)38-33-20-10-8-18-31(33)36/h1-10,13-20,29,37H,11-12,21-26H2. The van der Waals surface area contributed by atoms with Crippen molar-refractivity contribution < 1.29 is 5.11 Å². The molecule has 194 valence electrons. The Balaban J connectivity index is 1.07. The number of aliphatic hydroxyl groups is 1. The van der Waals surface area contributed by atoms with Gasteiger partial charge in [-0.3, -0.25) is 0 Å². The van der Waals surface area contributed by atoms with Crippen molar-refractivity contribution in [3.8, 4) is 0 Å². The minimum Gasteiger partial charge on any atom is -0.380 e. The number of nitrogens with zero attached hydrogens (tertiary/aromatic N) is 2. The molecule has 4 aromatic carbocycles. The van der Waals surface area contributed by atoms with Crippen molar-refractivity contribution >= 4 is 23.1 Å². The summed E-state index contributed by atoms with van der Waals surface area (Å²) in [7, 11) is 0. The van der Waals surface area contributed by atoms with Gasteiger partial charge in [-0.05, 0) is 86.6 Å². The minimum atomic E-state index is -0.943. The van der Waals surface area contributed by atoms with Gasteiger partial charge in [0.05, 0.1) is 11.4 Å². The van der Waals surface area contributed by atoms with E-state index in [0.717, 1.165) is 56.6 Å². The highest BCUT2D eigenvalue weighted by Gasteiger charge is 2.41. The Hall–Kier alpha value is -3.05. The Morgan fingerprint density at radius 1 is 0.632 bits per heavy atom. The molecule has 4 heteroatoms. The molecule has 38 heavy (non-hydrogen) atoms. The van der Waals surface area contributed by atoms with Crippen LogP contribution in [-0.4, -0.2) is 36.2 Å². The summed E-state index contributed by atoms with van der Waals surface area (Å²) in [5.41, 5.74) is 3.73. The summed E-state index contributed by atoms with van der Waals surface area (Å²) >= 11 is 1.88. The molecule has 0 saturated carbocycles. The molecule has 0 atom stereocenters. The molecular weight excluding hydrogens is 484 g/mol. The summed E-state index contributed by atoms with van der Waals surface area (Å²) in [6.07, 6.45) is 4.35. The van der Waals surface area contributed by atoms with E-state index in [1.807, 2.05) is 48.2 Å². The average Bonchev–Trinajstić information content (AvgIpc) is 2.99. The SMILES string of the molecule is OC(c1ccccc1)(c1ccccc1)C1CCN(CCCCN2c3ccccc3Sc3ccccc32)CC1. The van der Waals surface area contributed by atoms with Crippen molar-refractivity contribution in [3.63, 3.8) is 0 Å². The van der Waals surface area contributed by atoms with Crippen LogP contribution >= 0.6 is 11.8 Å². The highest BCUT2D eigenvalue weighted by molar-refractivity contribution is 7.99. The number of benzene rings is 4. The third-order valence-electron chi connectivity index (χ3n) is 8.24. The Morgan fingerprint density at radius 3 is 1.66 bits per heavy atom. The number of anilines is 2. The van der Waals surface area contributed by atoms with Crippen LogP contribution in [0.5, 0.6) is 0 Å². The first-order valence-electron chi connectivity index (χ1n) is 13.9. The van der Waals surface area contributed by atoms with Crippen molar-refractivity contribution in [2.45, 2.75) is 41.1 Å². The number of rotatable bonds is 8. The molecule has 2 aliphatic rings. The van der Waals surface area contributed by atoms with Crippen LogP contribution in [0.2, 0.25) is 0 Å². The van der Waals surface area contributed by atoms with E-state index in [9.17, 15) is 5.11 Å². The van der Waals surface area contributed by atoms with Crippen molar-refractivity contribution in [1.29, 1.82) is 0 Å². The van der Waals surface area contributed by atoms with Crippen LogP contribution < -0.4 is 4.90 Å². The van der Waals surface area contributed by atoms with Gasteiger partial charge in [0.1, 0.15) is 5.60 Å². The fourth-order valence-electron chi connectivity index (χ4n) is 6.22. The van der Waals surface area contributed by atoms with E-state index in [4.69, 9.17) is 0 Å². The van der Waals surface area contributed by atoms with Gasteiger partial charge in [0.25, 0.3) is 0 Å². The molecule has 0 aromatic heterocycles. The summed E-state index contributed by atoms with van der Waals surface area (Å²) < 4.78 is 0. The first-order valence-corrected chi connectivity index (χ1v) is 14.7. The third kappa shape index (κ3) is 5.01. The second kappa shape index (κ2) is 11.4. The monoisotopic (exact) mass is 520 g/mol. The number of fused-ring (bicyclic) bond motifs is 2. The van der Waals surface area contributed by atoms with E-state index < -0.39 is 5.60 Å². The fraction of sp³-hybridized carbons (Fsp3) is 0.294. The van der Waals surface area contributed by atoms with Crippen molar-refractivity contribution in [3.05, 3.63) is 120 Å². The molecule has 0 unspecified atom stereocenters. The first kappa shape index (κ1) is 25.2. The van der Waals surface area contributed by atoms with Crippen LogP contribution in [0.4, 0.5) is 11.4 Å². The first-order chi connectivity index (χ1) is 18.7. The van der Waals surface area contributed by atoms with Crippen molar-refractivity contribution in [1.82, 2.24) is 4.90 Å². The molecule has 0 spiro atoms. The Labute approximate surface area is 231 Å². The van der Waals surface area contributed by atoms with Gasteiger partial charge < -0.3 is 14.9 Å². The number of hydrogen-bond acceptors (Lipinski definition) is 4. The summed E-state index contributed by atoms with van der Waals surface area (Å²) in [5, 5.41) is 12.2. The maximum Gasteiger partial charge on any atom is 0.117 e. The van der Waals surface area contributed by atoms with E-state index in [1.54, 1.807) is 0 Å². The van der Waals surface area contributed by atoms with Crippen LogP contribution in [0.3, 0.4) is 0 Å². The molecule has 0 bridgehead atoms. The van der Waals surface area contributed by atoms with Gasteiger partial charge in [0.2, 0.25) is 0 Å². The zero-order valence-corrected chi connectivity index (χ0v) is 22.7. The van der Waals surface area contributed by atoms with E-state index in [1.165, 1.54) is 27.6 Å². The van der Waals surface area contributed by atoms with E-state index in [0.29, 0.717) is 0 Å². The normalized spacial score (nSPS) is 16.2. The van der Waals surface area contributed by atoms with Gasteiger partial charge in [0.15, 0.2) is 0 Å². The molecule has 6 rings (SSSR count). The van der Waals surface area contributed by atoms with E-state index >= 15 is 0 Å². The molecule has 2 heterocycles. The highest BCUT2D eigenvalue weighted by atomic mass is 32.2. The zero-order valence-electron chi connectivity index (χ0n) is 21.9. The topological polar surface area (TPSA) is 26.7 Å². The predicted octanol–water partition coefficient (Wildman–Crippen LogP) is 7.72. The molecule has 0 radical (unpaired) electrons. The van der Waals surface area contributed by atoms with Gasteiger partial charge in [0, 0.05) is 16.3 Å². The second-order valence-corrected chi connectivity index (χ2v) is 11.6. The lowest BCUT2D eigenvalue weighted by molar-refractivity contribution is -0.0143. The molecule has 3 nitrogen and oxygen atoms in total. The summed E-state index contributed by atoms with van der Waals surface area (Å²) in [5.74, 6) is 0.211.